The summed E-state index contributed by atoms with van der Waals surface area (Å²) in [7, 11) is -3.37. The second kappa shape index (κ2) is 4.69. The summed E-state index contributed by atoms with van der Waals surface area (Å²) in [6, 6.07) is -0.123. The lowest BCUT2D eigenvalue weighted by Gasteiger charge is -2.08. The Hall–Kier alpha value is 0.0200. The lowest BCUT2D eigenvalue weighted by Crippen LogP contribution is -2.33. The Morgan fingerprint density at radius 1 is 1.71 bits per heavy atom. The zero-order valence-electron chi connectivity index (χ0n) is 7.82. The molecule has 0 bridgehead atoms. The second-order valence-corrected chi connectivity index (χ2v) is 6.70. The van der Waals surface area contributed by atoms with E-state index in [1.807, 2.05) is 0 Å². The van der Waals surface area contributed by atoms with Gasteiger partial charge in [0.1, 0.15) is 0 Å². The monoisotopic (exact) mass is 298 g/mol. The van der Waals surface area contributed by atoms with E-state index in [2.05, 4.69) is 25.6 Å². The summed E-state index contributed by atoms with van der Waals surface area (Å²) in [5, 5.41) is 1.33. The highest BCUT2D eigenvalue weighted by atomic mass is 79.9. The molecule has 80 valence electrons. The van der Waals surface area contributed by atoms with Crippen LogP contribution in [-0.2, 0) is 10.0 Å². The lowest BCUT2D eigenvalue weighted by molar-refractivity contribution is 0.573. The van der Waals surface area contributed by atoms with Gasteiger partial charge in [0.05, 0.1) is 11.2 Å². The Kier molecular flexibility index (Phi) is 4.05. The third-order valence-corrected chi connectivity index (χ3v) is 5.39. The Labute approximate surface area is 95.9 Å². The molecule has 0 fully saturated rings. The Morgan fingerprint density at radius 2 is 2.36 bits per heavy atom. The van der Waals surface area contributed by atoms with Gasteiger partial charge in [0, 0.05) is 11.4 Å². The molecule has 0 radical (unpaired) electrons. The molecule has 0 aliphatic carbocycles. The largest absolute Gasteiger partial charge is 0.251 e. The van der Waals surface area contributed by atoms with Crippen LogP contribution in [0.1, 0.15) is 11.9 Å². The summed E-state index contributed by atoms with van der Waals surface area (Å²) in [5.41, 5.74) is 0. The number of sulfonamides is 1. The van der Waals surface area contributed by atoms with E-state index in [1.165, 1.54) is 17.5 Å². The number of hydrogen-bond donors (Lipinski definition) is 1. The SMILES string of the molecule is Cc1ncc(S(=O)(=O)NC(C)CBr)s1. The van der Waals surface area contributed by atoms with Gasteiger partial charge >= 0.3 is 0 Å². The van der Waals surface area contributed by atoms with Gasteiger partial charge in [0.15, 0.2) is 4.21 Å². The van der Waals surface area contributed by atoms with Crippen molar-refractivity contribution < 1.29 is 8.42 Å². The fraction of sp³-hybridized carbons (Fsp3) is 0.571. The lowest BCUT2D eigenvalue weighted by atomic mass is 10.4. The van der Waals surface area contributed by atoms with Gasteiger partial charge in [0.2, 0.25) is 0 Å². The normalized spacial score (nSPS) is 14.2. The average molecular weight is 299 g/mol. The molecule has 7 heteroatoms. The fourth-order valence-electron chi connectivity index (χ4n) is 0.821. The van der Waals surface area contributed by atoms with Crippen LogP contribution in [0.4, 0.5) is 0 Å². The van der Waals surface area contributed by atoms with Crippen molar-refractivity contribution in [3.05, 3.63) is 11.2 Å². The topological polar surface area (TPSA) is 59.1 Å². The number of aromatic nitrogens is 1. The molecule has 0 aromatic carbocycles. The van der Waals surface area contributed by atoms with Crippen molar-refractivity contribution in [1.82, 2.24) is 9.71 Å². The molecule has 1 atom stereocenters. The van der Waals surface area contributed by atoms with Gasteiger partial charge in [-0.1, -0.05) is 15.9 Å². The third-order valence-electron chi connectivity index (χ3n) is 1.45. The number of thiazole rings is 1. The molecule has 0 aliphatic rings. The first-order chi connectivity index (χ1) is 6.45. The summed E-state index contributed by atoms with van der Waals surface area (Å²) >= 11 is 4.38. The predicted molar refractivity (Wildman–Crippen MR) is 60.4 cm³/mol. The van der Waals surface area contributed by atoms with Gasteiger partial charge in [-0.2, -0.15) is 0 Å². The Bertz CT molecular complexity index is 402. The van der Waals surface area contributed by atoms with Gasteiger partial charge in [-0.25, -0.2) is 18.1 Å². The number of nitrogens with zero attached hydrogens (tertiary/aromatic N) is 1. The minimum atomic E-state index is -3.37. The van der Waals surface area contributed by atoms with Crippen LogP contribution in [0.5, 0.6) is 0 Å². The molecule has 0 saturated carbocycles. The molecular weight excluding hydrogens is 288 g/mol. The van der Waals surface area contributed by atoms with Crippen molar-refractivity contribution in [2.45, 2.75) is 24.1 Å². The first-order valence-electron chi connectivity index (χ1n) is 3.96. The summed E-state index contributed by atoms with van der Waals surface area (Å²) in [6.07, 6.45) is 1.38. The molecular formula is C7H11BrN2O2S2. The zero-order chi connectivity index (χ0) is 10.8. The van der Waals surface area contributed by atoms with Crippen molar-refractivity contribution in [2.24, 2.45) is 0 Å². The van der Waals surface area contributed by atoms with Crippen molar-refractivity contribution >= 4 is 37.3 Å². The summed E-state index contributed by atoms with van der Waals surface area (Å²) in [5.74, 6) is 0. The molecule has 14 heavy (non-hydrogen) atoms. The van der Waals surface area contributed by atoms with Gasteiger partial charge in [-0.15, -0.1) is 11.3 Å². The first kappa shape index (κ1) is 12.1. The summed E-state index contributed by atoms with van der Waals surface area (Å²) in [6.45, 7) is 3.57. The van der Waals surface area contributed by atoms with E-state index in [0.717, 1.165) is 5.01 Å². The van der Waals surface area contributed by atoms with Crippen LogP contribution in [0.2, 0.25) is 0 Å². The first-order valence-corrected chi connectivity index (χ1v) is 7.38. The molecule has 4 nitrogen and oxygen atoms in total. The summed E-state index contributed by atoms with van der Waals surface area (Å²) in [4.78, 5) is 3.90. The van der Waals surface area contributed by atoms with Crippen molar-refractivity contribution in [1.29, 1.82) is 0 Å². The van der Waals surface area contributed by atoms with E-state index in [1.54, 1.807) is 13.8 Å². The van der Waals surface area contributed by atoms with Crippen molar-refractivity contribution in [3.8, 4) is 0 Å². The maximum absolute atomic E-state index is 11.7. The van der Waals surface area contributed by atoms with E-state index in [0.29, 0.717) is 5.33 Å². The maximum Gasteiger partial charge on any atom is 0.251 e. The number of rotatable bonds is 4. The highest BCUT2D eigenvalue weighted by Gasteiger charge is 2.18. The number of alkyl halides is 1. The highest BCUT2D eigenvalue weighted by Crippen LogP contribution is 2.17. The molecule has 1 N–H and O–H groups in total. The Morgan fingerprint density at radius 3 is 2.79 bits per heavy atom. The van der Waals surface area contributed by atoms with E-state index in [-0.39, 0.29) is 10.3 Å². The van der Waals surface area contributed by atoms with Crippen molar-refractivity contribution in [2.75, 3.05) is 5.33 Å². The van der Waals surface area contributed by atoms with Crippen LogP contribution < -0.4 is 4.72 Å². The van der Waals surface area contributed by atoms with E-state index in [4.69, 9.17) is 0 Å². The standard InChI is InChI=1S/C7H11BrN2O2S2/c1-5(3-8)10-14(11,12)7-4-9-6(2)13-7/h4-5,10H,3H2,1-2H3. The molecule has 0 amide bonds. The van der Waals surface area contributed by atoms with Gasteiger partial charge in [-0.05, 0) is 13.8 Å². The van der Waals surface area contributed by atoms with Crippen LogP contribution in [0.25, 0.3) is 0 Å². The number of hydrogen-bond acceptors (Lipinski definition) is 4. The van der Waals surface area contributed by atoms with Crippen molar-refractivity contribution in [3.63, 3.8) is 0 Å². The minimum absolute atomic E-state index is 0.123. The summed E-state index contributed by atoms with van der Waals surface area (Å²) < 4.78 is 26.1. The quantitative estimate of drug-likeness (QED) is 0.857. The predicted octanol–water partition coefficient (Wildman–Crippen LogP) is 1.51. The molecule has 1 rings (SSSR count). The van der Waals surface area contributed by atoms with Gasteiger partial charge in [-0.3, -0.25) is 0 Å². The fourth-order valence-corrected chi connectivity index (χ4v) is 3.56. The van der Waals surface area contributed by atoms with Crippen LogP contribution >= 0.6 is 27.3 Å². The number of aryl methyl sites for hydroxylation is 1. The van der Waals surface area contributed by atoms with E-state index < -0.39 is 10.0 Å². The maximum atomic E-state index is 11.7. The van der Waals surface area contributed by atoms with Crippen LogP contribution in [0, 0.1) is 6.92 Å². The van der Waals surface area contributed by atoms with Crippen LogP contribution in [0.3, 0.4) is 0 Å². The molecule has 1 heterocycles. The minimum Gasteiger partial charge on any atom is -0.249 e. The molecule has 1 unspecified atom stereocenters. The van der Waals surface area contributed by atoms with Gasteiger partial charge in [0.25, 0.3) is 10.0 Å². The molecule has 0 spiro atoms. The third kappa shape index (κ3) is 3.01. The second-order valence-electron chi connectivity index (χ2n) is 2.87. The number of nitrogens with one attached hydrogen (secondary N) is 1. The van der Waals surface area contributed by atoms with E-state index >= 15 is 0 Å². The smallest absolute Gasteiger partial charge is 0.249 e. The molecule has 0 saturated heterocycles. The Balaban J connectivity index is 2.86. The zero-order valence-corrected chi connectivity index (χ0v) is 11.0. The molecule has 1 aromatic rings. The number of halogens is 1. The average Bonchev–Trinajstić information content (AvgIpc) is 2.51. The molecule has 1 aromatic heterocycles. The van der Waals surface area contributed by atoms with E-state index in [9.17, 15) is 8.42 Å². The van der Waals surface area contributed by atoms with Gasteiger partial charge < -0.3 is 0 Å². The van der Waals surface area contributed by atoms with Crippen LogP contribution in [-0.4, -0.2) is 24.8 Å². The highest BCUT2D eigenvalue weighted by molar-refractivity contribution is 9.09. The van der Waals surface area contributed by atoms with Crippen LogP contribution in [0.15, 0.2) is 10.4 Å². The molecule has 0 aliphatic heterocycles.